The van der Waals surface area contributed by atoms with Crippen molar-refractivity contribution < 1.29 is 74.7 Å². The van der Waals surface area contributed by atoms with Crippen LogP contribution in [-0.4, -0.2) is 156 Å². The number of ether oxygens (including phenoxy) is 5. The van der Waals surface area contributed by atoms with Crippen molar-refractivity contribution in [3.63, 3.8) is 0 Å². The van der Waals surface area contributed by atoms with Crippen LogP contribution in [0.1, 0.15) is 6.92 Å². The molecule has 0 bridgehead atoms. The molecule has 194 valence electrons. The summed E-state index contributed by atoms with van der Waals surface area (Å²) in [6.07, 6.45) is -23.5. The fourth-order valence-corrected chi connectivity index (χ4v) is 3.90. The van der Waals surface area contributed by atoms with Crippen LogP contribution in [0.15, 0.2) is 0 Å². The van der Waals surface area contributed by atoms with Crippen molar-refractivity contribution >= 4 is 0 Å². The van der Waals surface area contributed by atoms with Gasteiger partial charge >= 0.3 is 0 Å². The van der Waals surface area contributed by atoms with Crippen molar-refractivity contribution in [2.75, 3.05) is 13.2 Å². The Morgan fingerprint density at radius 1 is 0.606 bits per heavy atom. The number of hydrogen-bond acceptors (Lipinski definition) is 15. The minimum atomic E-state index is -1.87. The van der Waals surface area contributed by atoms with Crippen molar-refractivity contribution in [3.8, 4) is 0 Å². The molecule has 3 saturated heterocycles. The van der Waals surface area contributed by atoms with Crippen LogP contribution in [-0.2, 0) is 23.7 Å². The van der Waals surface area contributed by atoms with Gasteiger partial charge in [0.2, 0.25) is 0 Å². The van der Waals surface area contributed by atoms with E-state index in [1.54, 1.807) is 0 Å². The normalized spacial score (nSPS) is 53.7. The standard InChI is InChI=1S/C18H32O15/c1-4-7(20)9(22)14(27)18(30-4)33-15-6(31-16(28)12(25)11(15)24)3-29-17-13(26)10(23)8(21)5(2-19)32-17/h4-28H,2-3H2,1H3/t4-,5+,6+,7-,8+,9+,10-,11+,12+,13+,14+,15+,16?,17+,18-/m0/s1. The molecule has 3 rings (SSSR count). The van der Waals surface area contributed by atoms with Crippen LogP contribution in [0.3, 0.4) is 0 Å². The molecule has 0 aromatic heterocycles. The van der Waals surface area contributed by atoms with Crippen LogP contribution in [0.25, 0.3) is 0 Å². The fraction of sp³-hybridized carbons (Fsp3) is 1.00. The average Bonchev–Trinajstić information content (AvgIpc) is 2.79. The zero-order valence-corrected chi connectivity index (χ0v) is 17.6. The summed E-state index contributed by atoms with van der Waals surface area (Å²) in [5.74, 6) is 0. The Labute approximate surface area is 187 Å². The quantitative estimate of drug-likeness (QED) is 0.167. The Morgan fingerprint density at radius 3 is 1.85 bits per heavy atom. The molecule has 0 radical (unpaired) electrons. The molecule has 3 heterocycles. The third kappa shape index (κ3) is 5.48. The second-order valence-corrected chi connectivity index (χ2v) is 8.36. The van der Waals surface area contributed by atoms with Crippen LogP contribution in [0, 0.1) is 0 Å². The highest BCUT2D eigenvalue weighted by molar-refractivity contribution is 4.94. The van der Waals surface area contributed by atoms with Gasteiger partial charge < -0.3 is 74.7 Å². The lowest BCUT2D eigenvalue weighted by molar-refractivity contribution is -0.360. The Morgan fingerprint density at radius 2 is 1.21 bits per heavy atom. The van der Waals surface area contributed by atoms with E-state index in [9.17, 15) is 51.1 Å². The summed E-state index contributed by atoms with van der Waals surface area (Å²) in [4.78, 5) is 0. The molecule has 0 aromatic rings. The Balaban J connectivity index is 1.70. The largest absolute Gasteiger partial charge is 0.394 e. The van der Waals surface area contributed by atoms with Gasteiger partial charge in [-0.3, -0.25) is 0 Å². The van der Waals surface area contributed by atoms with Gasteiger partial charge in [-0.05, 0) is 6.92 Å². The molecule has 3 aliphatic heterocycles. The van der Waals surface area contributed by atoms with Crippen LogP contribution in [0.4, 0.5) is 0 Å². The van der Waals surface area contributed by atoms with Gasteiger partial charge in [0.15, 0.2) is 18.9 Å². The lowest BCUT2D eigenvalue weighted by atomic mass is 9.97. The van der Waals surface area contributed by atoms with Crippen molar-refractivity contribution in [1.29, 1.82) is 0 Å². The smallest absolute Gasteiger partial charge is 0.187 e. The van der Waals surface area contributed by atoms with Gasteiger partial charge in [0.25, 0.3) is 0 Å². The minimum absolute atomic E-state index is 0.572. The lowest BCUT2D eigenvalue weighted by Crippen LogP contribution is -2.64. The van der Waals surface area contributed by atoms with Crippen molar-refractivity contribution in [2.45, 2.75) is 99.0 Å². The fourth-order valence-electron chi connectivity index (χ4n) is 3.90. The van der Waals surface area contributed by atoms with Crippen molar-refractivity contribution in [3.05, 3.63) is 0 Å². The molecule has 15 nitrogen and oxygen atoms in total. The Hall–Kier alpha value is -0.600. The molecular weight excluding hydrogens is 456 g/mol. The van der Waals surface area contributed by atoms with Crippen LogP contribution in [0.5, 0.6) is 0 Å². The first-order chi connectivity index (χ1) is 15.5. The first-order valence-corrected chi connectivity index (χ1v) is 10.4. The van der Waals surface area contributed by atoms with Crippen molar-refractivity contribution in [1.82, 2.24) is 0 Å². The van der Waals surface area contributed by atoms with Gasteiger partial charge in [0.05, 0.1) is 19.3 Å². The van der Waals surface area contributed by atoms with Gasteiger partial charge in [-0.2, -0.15) is 0 Å². The van der Waals surface area contributed by atoms with Crippen LogP contribution >= 0.6 is 0 Å². The van der Waals surface area contributed by atoms with Gasteiger partial charge in [-0.1, -0.05) is 0 Å². The van der Waals surface area contributed by atoms with Crippen LogP contribution < -0.4 is 0 Å². The summed E-state index contributed by atoms with van der Waals surface area (Å²) < 4.78 is 26.6. The number of aliphatic hydroxyl groups is 10. The van der Waals surface area contributed by atoms with E-state index in [2.05, 4.69) is 0 Å². The van der Waals surface area contributed by atoms with Crippen molar-refractivity contribution in [2.24, 2.45) is 0 Å². The predicted molar refractivity (Wildman–Crippen MR) is 99.8 cm³/mol. The van der Waals surface area contributed by atoms with E-state index in [1.807, 2.05) is 0 Å². The lowest BCUT2D eigenvalue weighted by Gasteiger charge is -2.46. The van der Waals surface area contributed by atoms with E-state index < -0.39 is 105 Å². The summed E-state index contributed by atoms with van der Waals surface area (Å²) in [6.45, 7) is 0.142. The highest BCUT2D eigenvalue weighted by Gasteiger charge is 2.51. The Kier molecular flexibility index (Phi) is 8.99. The molecule has 3 aliphatic rings. The minimum Gasteiger partial charge on any atom is -0.394 e. The van der Waals surface area contributed by atoms with E-state index in [1.165, 1.54) is 6.92 Å². The molecular formula is C18H32O15. The molecule has 0 aromatic carbocycles. The zero-order valence-electron chi connectivity index (χ0n) is 17.6. The Bertz CT molecular complexity index is 624. The first kappa shape index (κ1) is 27.0. The maximum atomic E-state index is 10.4. The number of rotatable bonds is 6. The molecule has 3 fully saturated rings. The van der Waals surface area contributed by atoms with E-state index in [4.69, 9.17) is 23.7 Å². The predicted octanol–water partition coefficient (Wildman–Crippen LogP) is -6.55. The second-order valence-electron chi connectivity index (χ2n) is 8.36. The molecule has 10 N–H and O–H groups in total. The molecule has 0 spiro atoms. The molecule has 0 amide bonds. The van der Waals surface area contributed by atoms with Crippen LogP contribution in [0.2, 0.25) is 0 Å². The molecule has 33 heavy (non-hydrogen) atoms. The maximum Gasteiger partial charge on any atom is 0.187 e. The van der Waals surface area contributed by atoms with E-state index >= 15 is 0 Å². The highest BCUT2D eigenvalue weighted by Crippen LogP contribution is 2.30. The second kappa shape index (κ2) is 11.0. The van der Waals surface area contributed by atoms with Gasteiger partial charge in [-0.15, -0.1) is 0 Å². The molecule has 15 atom stereocenters. The molecule has 15 heteroatoms. The third-order valence-electron chi connectivity index (χ3n) is 6.03. The topological polar surface area (TPSA) is 248 Å². The maximum absolute atomic E-state index is 10.4. The monoisotopic (exact) mass is 488 g/mol. The third-order valence-corrected chi connectivity index (χ3v) is 6.03. The molecule has 0 aliphatic carbocycles. The summed E-state index contributed by atoms with van der Waals surface area (Å²) >= 11 is 0. The molecule has 0 saturated carbocycles. The number of aliphatic hydroxyl groups excluding tert-OH is 10. The summed E-state index contributed by atoms with van der Waals surface area (Å²) in [6, 6.07) is 0. The van der Waals surface area contributed by atoms with Gasteiger partial charge in [0.1, 0.15) is 67.1 Å². The summed E-state index contributed by atoms with van der Waals surface area (Å²) in [7, 11) is 0. The first-order valence-electron chi connectivity index (χ1n) is 10.4. The average molecular weight is 488 g/mol. The SMILES string of the molecule is C[C@@H]1O[C@@H](O[C@H]2[C@H](O)[C@@H](O)C(O)O[C@@H]2CO[C@@H]2O[C@H](CO)[C@@H](O)[C@H](O)[C@H]2O)[C@H](O)[C@H](O)[C@H]1O. The molecule has 1 unspecified atom stereocenters. The highest BCUT2D eigenvalue weighted by atomic mass is 16.7. The number of hydrogen-bond donors (Lipinski definition) is 10. The van der Waals surface area contributed by atoms with E-state index in [0.717, 1.165) is 0 Å². The summed E-state index contributed by atoms with van der Waals surface area (Å²) in [5, 5.41) is 99.3. The summed E-state index contributed by atoms with van der Waals surface area (Å²) in [5.41, 5.74) is 0. The van der Waals surface area contributed by atoms with Gasteiger partial charge in [-0.25, -0.2) is 0 Å². The van der Waals surface area contributed by atoms with E-state index in [-0.39, 0.29) is 0 Å². The zero-order chi connectivity index (χ0) is 24.6. The van der Waals surface area contributed by atoms with Gasteiger partial charge in [0, 0.05) is 0 Å². The van der Waals surface area contributed by atoms with E-state index in [0.29, 0.717) is 0 Å².